The zero-order valence-electron chi connectivity index (χ0n) is 23.0. The van der Waals surface area contributed by atoms with Gasteiger partial charge in [0, 0.05) is 24.4 Å². The predicted molar refractivity (Wildman–Crippen MR) is 143 cm³/mol. The van der Waals surface area contributed by atoms with Crippen molar-refractivity contribution in [3.8, 4) is 17.3 Å². The summed E-state index contributed by atoms with van der Waals surface area (Å²) in [5.41, 5.74) is 3.67. The van der Waals surface area contributed by atoms with Crippen LogP contribution in [0.4, 0.5) is 0 Å². The molecule has 5 rings (SSSR count). The van der Waals surface area contributed by atoms with E-state index in [1.165, 1.54) is 6.42 Å². The van der Waals surface area contributed by atoms with Crippen LogP contribution in [0.2, 0.25) is 0 Å². The van der Waals surface area contributed by atoms with E-state index in [1.807, 2.05) is 50.7 Å². The highest BCUT2D eigenvalue weighted by atomic mass is 16.5. The van der Waals surface area contributed by atoms with Crippen molar-refractivity contribution in [2.45, 2.75) is 72.5 Å². The number of esters is 1. The number of nitrogens with zero attached hydrogens (tertiary/aromatic N) is 4. The number of carbonyl (C=O) groups excluding carboxylic acids is 1. The number of rotatable bonds is 6. The number of aryl methyl sites for hydroxylation is 1. The average molecular weight is 506 g/mol. The van der Waals surface area contributed by atoms with Crippen molar-refractivity contribution in [2.75, 3.05) is 13.1 Å². The summed E-state index contributed by atoms with van der Waals surface area (Å²) in [6.07, 6.45) is 5.65. The lowest BCUT2D eigenvalue weighted by Gasteiger charge is -2.36. The summed E-state index contributed by atoms with van der Waals surface area (Å²) in [6, 6.07) is 5.96. The molecule has 3 heterocycles. The van der Waals surface area contributed by atoms with Gasteiger partial charge >= 0.3 is 5.97 Å². The second kappa shape index (κ2) is 9.39. The van der Waals surface area contributed by atoms with Crippen LogP contribution in [-0.2, 0) is 16.6 Å². The van der Waals surface area contributed by atoms with Crippen molar-refractivity contribution >= 4 is 16.9 Å². The van der Waals surface area contributed by atoms with E-state index in [4.69, 9.17) is 19.6 Å². The Labute approximate surface area is 219 Å². The first-order chi connectivity index (χ1) is 17.5. The van der Waals surface area contributed by atoms with E-state index < -0.39 is 0 Å². The van der Waals surface area contributed by atoms with E-state index in [0.717, 1.165) is 41.7 Å². The maximum atomic E-state index is 12.5. The Hall–Kier alpha value is -3.00. The van der Waals surface area contributed by atoms with E-state index in [-0.39, 0.29) is 34.9 Å². The number of piperidine rings is 1. The van der Waals surface area contributed by atoms with Crippen LogP contribution in [0.25, 0.3) is 22.3 Å². The van der Waals surface area contributed by atoms with Gasteiger partial charge in [0.2, 0.25) is 5.88 Å². The van der Waals surface area contributed by atoms with Gasteiger partial charge in [-0.1, -0.05) is 26.8 Å². The van der Waals surface area contributed by atoms with Crippen LogP contribution in [0.5, 0.6) is 5.88 Å². The summed E-state index contributed by atoms with van der Waals surface area (Å²) in [5.74, 6) is 0.545. The number of fused-ring (bicyclic) bond motifs is 1. The molecule has 1 aliphatic heterocycles. The fraction of sp³-hybridized carbons (Fsp3) is 0.586. The van der Waals surface area contributed by atoms with Crippen molar-refractivity contribution < 1.29 is 14.3 Å². The summed E-state index contributed by atoms with van der Waals surface area (Å²) >= 11 is 0. The molecule has 1 aliphatic carbocycles. The molecule has 2 aliphatic rings. The molecule has 2 fully saturated rings. The second-order valence-electron chi connectivity index (χ2n) is 12.1. The minimum absolute atomic E-state index is 0.0647. The molecule has 0 radical (unpaired) electrons. The molecule has 0 amide bonds. The molecule has 8 heteroatoms. The molecule has 2 aromatic heterocycles. The van der Waals surface area contributed by atoms with Gasteiger partial charge in [-0.3, -0.25) is 14.5 Å². The highest BCUT2D eigenvalue weighted by molar-refractivity contribution is 5.93. The minimum Gasteiger partial charge on any atom is -0.471 e. The number of benzene rings is 1. The molecule has 1 aromatic carbocycles. The fourth-order valence-corrected chi connectivity index (χ4v) is 6.08. The molecule has 3 unspecified atom stereocenters. The van der Waals surface area contributed by atoms with Gasteiger partial charge in [0.25, 0.3) is 0 Å². The van der Waals surface area contributed by atoms with Crippen LogP contribution in [0.1, 0.15) is 65.9 Å². The lowest BCUT2D eigenvalue weighted by molar-refractivity contribution is -0.148. The lowest BCUT2D eigenvalue weighted by atomic mass is 9.79. The zero-order valence-corrected chi connectivity index (χ0v) is 23.0. The van der Waals surface area contributed by atoms with Crippen LogP contribution in [0, 0.1) is 16.7 Å². The third-order valence-electron chi connectivity index (χ3n) is 8.10. The van der Waals surface area contributed by atoms with Gasteiger partial charge in [0.15, 0.2) is 0 Å². The quantitative estimate of drug-likeness (QED) is 0.478. The van der Waals surface area contributed by atoms with Crippen molar-refractivity contribution in [1.82, 2.24) is 25.1 Å². The summed E-state index contributed by atoms with van der Waals surface area (Å²) in [7, 11) is 1.91. The van der Waals surface area contributed by atoms with Gasteiger partial charge in [-0.15, -0.1) is 0 Å². The molecule has 8 nitrogen and oxygen atoms in total. The van der Waals surface area contributed by atoms with E-state index in [9.17, 15) is 4.79 Å². The number of hydrogen-bond donors (Lipinski definition) is 1. The summed E-state index contributed by atoms with van der Waals surface area (Å²) in [4.78, 5) is 21.9. The summed E-state index contributed by atoms with van der Waals surface area (Å²) in [6.45, 7) is 14.4. The molecule has 3 aromatic rings. The molecular weight excluding hydrogens is 466 g/mol. The van der Waals surface area contributed by atoms with Gasteiger partial charge in [-0.05, 0) is 69.2 Å². The van der Waals surface area contributed by atoms with E-state index in [1.54, 1.807) is 12.4 Å². The first kappa shape index (κ1) is 25.6. The molecule has 198 valence electrons. The second-order valence-corrected chi connectivity index (χ2v) is 12.1. The third kappa shape index (κ3) is 4.83. The van der Waals surface area contributed by atoms with Crippen LogP contribution in [0.3, 0.4) is 0 Å². The number of nitrogens with one attached hydrogen (secondary N) is 1. The Morgan fingerprint density at radius 1 is 1.22 bits per heavy atom. The summed E-state index contributed by atoms with van der Waals surface area (Å²) < 4.78 is 13.8. The van der Waals surface area contributed by atoms with Crippen molar-refractivity contribution in [3.05, 3.63) is 36.2 Å². The van der Waals surface area contributed by atoms with Gasteiger partial charge in [0.1, 0.15) is 17.5 Å². The van der Waals surface area contributed by atoms with Gasteiger partial charge < -0.3 is 14.8 Å². The first-order valence-corrected chi connectivity index (χ1v) is 13.4. The molecule has 1 saturated heterocycles. The van der Waals surface area contributed by atoms with Crippen molar-refractivity contribution in [1.29, 1.82) is 0 Å². The highest BCUT2D eigenvalue weighted by Gasteiger charge is 2.64. The SMILES string of the molecule is CC(C)OC(=O)C(C)c1ccc2c(c1)c(-c1cncc(O[C@H]3CNCCC34CC4C(C)(C)C)n1)nn2C. The molecular formula is C29H39N5O3. The maximum Gasteiger partial charge on any atom is 0.313 e. The number of aromatic nitrogens is 4. The fourth-order valence-electron chi connectivity index (χ4n) is 6.08. The zero-order chi connectivity index (χ0) is 26.5. The largest absolute Gasteiger partial charge is 0.471 e. The van der Waals surface area contributed by atoms with Crippen LogP contribution in [-0.4, -0.2) is 51.0 Å². The smallest absolute Gasteiger partial charge is 0.313 e. The van der Waals surface area contributed by atoms with Crippen molar-refractivity contribution in [3.63, 3.8) is 0 Å². The molecule has 1 spiro atoms. The minimum atomic E-state index is -0.384. The van der Waals surface area contributed by atoms with Crippen LogP contribution in [0.15, 0.2) is 30.6 Å². The third-order valence-corrected chi connectivity index (χ3v) is 8.10. The number of carbonyl (C=O) groups is 1. The maximum absolute atomic E-state index is 12.5. The van der Waals surface area contributed by atoms with E-state index >= 15 is 0 Å². The van der Waals surface area contributed by atoms with Gasteiger partial charge in [0.05, 0.1) is 29.9 Å². The lowest BCUT2D eigenvalue weighted by Crippen LogP contribution is -2.47. The Kier molecular flexibility index (Phi) is 6.51. The topological polar surface area (TPSA) is 91.2 Å². The normalized spacial score (nSPS) is 24.4. The van der Waals surface area contributed by atoms with E-state index in [0.29, 0.717) is 17.5 Å². The number of ether oxygens (including phenoxy) is 2. The molecule has 1 N–H and O–H groups in total. The molecule has 37 heavy (non-hydrogen) atoms. The Morgan fingerprint density at radius 2 is 2.00 bits per heavy atom. The van der Waals surface area contributed by atoms with Crippen molar-refractivity contribution in [2.24, 2.45) is 23.8 Å². The Morgan fingerprint density at radius 3 is 2.70 bits per heavy atom. The molecule has 4 atom stereocenters. The Bertz CT molecular complexity index is 1310. The highest BCUT2D eigenvalue weighted by Crippen LogP contribution is 2.65. The van der Waals surface area contributed by atoms with Gasteiger partial charge in [-0.2, -0.15) is 5.10 Å². The first-order valence-electron chi connectivity index (χ1n) is 13.4. The van der Waals surface area contributed by atoms with Crippen LogP contribution < -0.4 is 10.1 Å². The standard InChI is InChI=1S/C29H39N5O3/c1-17(2)36-27(35)18(3)19-8-9-22-20(12-19)26(33-34(22)7)21-14-31-16-25(32-21)37-24-15-30-11-10-29(24)13-23(29)28(4,5)6/h8-9,12,14,16-18,23-24,30H,10-11,13,15H2,1-7H3/t18?,23?,24-,29?/m0/s1. The monoisotopic (exact) mass is 505 g/mol. The van der Waals surface area contributed by atoms with Crippen LogP contribution >= 0.6 is 0 Å². The average Bonchev–Trinajstić information content (AvgIpc) is 3.49. The predicted octanol–water partition coefficient (Wildman–Crippen LogP) is 4.88. The van der Waals surface area contributed by atoms with Gasteiger partial charge in [-0.25, -0.2) is 4.98 Å². The molecule has 0 bridgehead atoms. The Balaban J connectivity index is 1.44. The van der Waals surface area contributed by atoms with E-state index in [2.05, 4.69) is 31.1 Å². The summed E-state index contributed by atoms with van der Waals surface area (Å²) in [5, 5.41) is 9.18. The molecule has 1 saturated carbocycles. The number of hydrogen-bond acceptors (Lipinski definition) is 7.